The monoisotopic (exact) mass is 262 g/mol. The Hall–Kier alpha value is -0.860. The molecule has 0 aliphatic heterocycles. The van der Waals surface area contributed by atoms with Gasteiger partial charge in [-0.3, -0.25) is 4.90 Å². The molecule has 108 valence electrons. The zero-order valence-corrected chi connectivity index (χ0v) is 13.4. The molecule has 1 rings (SSSR count). The molecule has 0 heterocycles. The van der Waals surface area contributed by atoms with Crippen molar-refractivity contribution in [3.8, 4) is 0 Å². The van der Waals surface area contributed by atoms with Crippen molar-refractivity contribution in [2.45, 2.75) is 59.7 Å². The van der Waals surface area contributed by atoms with E-state index in [0.29, 0.717) is 18.0 Å². The van der Waals surface area contributed by atoms with Gasteiger partial charge in [0.05, 0.1) is 6.04 Å². The lowest BCUT2D eigenvalue weighted by atomic mass is 9.93. The van der Waals surface area contributed by atoms with E-state index in [1.165, 1.54) is 11.1 Å². The standard InChI is InChI=1S/C17H30N2/c1-12(2)11-19(13(3)4)17(15(6)18)16-10-8-7-9-14(16)5/h7-10,12-13,15,17H,11,18H2,1-6H3. The van der Waals surface area contributed by atoms with Crippen molar-refractivity contribution in [3.05, 3.63) is 35.4 Å². The quantitative estimate of drug-likeness (QED) is 0.846. The van der Waals surface area contributed by atoms with Crippen molar-refractivity contribution in [2.24, 2.45) is 11.7 Å². The van der Waals surface area contributed by atoms with E-state index in [0.717, 1.165) is 6.54 Å². The van der Waals surface area contributed by atoms with Crippen LogP contribution in [0.2, 0.25) is 0 Å². The normalized spacial score (nSPS) is 15.3. The van der Waals surface area contributed by atoms with Crippen LogP contribution in [-0.2, 0) is 0 Å². The van der Waals surface area contributed by atoms with E-state index in [1.54, 1.807) is 0 Å². The summed E-state index contributed by atoms with van der Waals surface area (Å²) in [7, 11) is 0. The average Bonchev–Trinajstić information content (AvgIpc) is 2.29. The summed E-state index contributed by atoms with van der Waals surface area (Å²) >= 11 is 0. The van der Waals surface area contributed by atoms with E-state index in [1.807, 2.05) is 0 Å². The molecule has 0 bridgehead atoms. The van der Waals surface area contributed by atoms with Crippen LogP contribution in [0, 0.1) is 12.8 Å². The van der Waals surface area contributed by atoms with Gasteiger partial charge in [0.25, 0.3) is 0 Å². The van der Waals surface area contributed by atoms with Crippen LogP contribution in [0.3, 0.4) is 0 Å². The van der Waals surface area contributed by atoms with E-state index < -0.39 is 0 Å². The highest BCUT2D eigenvalue weighted by Gasteiger charge is 2.27. The Labute approximate surface area is 119 Å². The second-order valence-corrected chi connectivity index (χ2v) is 6.34. The minimum atomic E-state index is 0.127. The minimum absolute atomic E-state index is 0.127. The molecule has 2 atom stereocenters. The molecule has 2 N–H and O–H groups in total. The fourth-order valence-corrected chi connectivity index (χ4v) is 2.75. The van der Waals surface area contributed by atoms with Crippen LogP contribution >= 0.6 is 0 Å². The number of nitrogens with two attached hydrogens (primary N) is 1. The molecule has 2 heteroatoms. The maximum absolute atomic E-state index is 6.31. The summed E-state index contributed by atoms with van der Waals surface area (Å²) in [4.78, 5) is 2.54. The second-order valence-electron chi connectivity index (χ2n) is 6.34. The summed E-state index contributed by atoms with van der Waals surface area (Å²) in [6.45, 7) is 14.4. The Morgan fingerprint density at radius 2 is 1.63 bits per heavy atom. The average molecular weight is 262 g/mol. The van der Waals surface area contributed by atoms with Crippen molar-refractivity contribution in [3.63, 3.8) is 0 Å². The first-order valence-corrected chi connectivity index (χ1v) is 7.41. The zero-order valence-electron chi connectivity index (χ0n) is 13.4. The van der Waals surface area contributed by atoms with E-state index in [-0.39, 0.29) is 6.04 Å². The van der Waals surface area contributed by atoms with Gasteiger partial charge in [-0.05, 0) is 44.7 Å². The number of rotatable bonds is 6. The Kier molecular flexibility index (Phi) is 6.02. The van der Waals surface area contributed by atoms with Gasteiger partial charge in [0.15, 0.2) is 0 Å². The van der Waals surface area contributed by atoms with Gasteiger partial charge in [-0.25, -0.2) is 0 Å². The molecule has 0 aromatic heterocycles. The van der Waals surface area contributed by atoms with Crippen LogP contribution in [0.25, 0.3) is 0 Å². The van der Waals surface area contributed by atoms with Crippen LogP contribution in [0.4, 0.5) is 0 Å². The molecule has 0 radical (unpaired) electrons. The van der Waals surface area contributed by atoms with Crippen molar-refractivity contribution in [2.75, 3.05) is 6.54 Å². The first kappa shape index (κ1) is 16.2. The molecule has 2 unspecified atom stereocenters. The zero-order chi connectivity index (χ0) is 14.6. The molecule has 1 aromatic rings. The molecule has 0 aliphatic carbocycles. The molecular weight excluding hydrogens is 232 g/mol. The molecule has 0 spiro atoms. The molecule has 2 nitrogen and oxygen atoms in total. The first-order chi connectivity index (χ1) is 8.84. The molecule has 19 heavy (non-hydrogen) atoms. The lowest BCUT2D eigenvalue weighted by Crippen LogP contribution is -2.45. The molecule has 0 saturated heterocycles. The summed E-state index contributed by atoms with van der Waals surface area (Å²) < 4.78 is 0. The highest BCUT2D eigenvalue weighted by molar-refractivity contribution is 5.30. The highest BCUT2D eigenvalue weighted by Crippen LogP contribution is 2.28. The lowest BCUT2D eigenvalue weighted by molar-refractivity contribution is 0.119. The van der Waals surface area contributed by atoms with Crippen LogP contribution in [-0.4, -0.2) is 23.5 Å². The summed E-state index contributed by atoms with van der Waals surface area (Å²) in [6.07, 6.45) is 0. The molecule has 0 amide bonds. The molecule has 0 saturated carbocycles. The Bertz CT molecular complexity index is 383. The van der Waals surface area contributed by atoms with Gasteiger partial charge >= 0.3 is 0 Å². The highest BCUT2D eigenvalue weighted by atomic mass is 15.2. The van der Waals surface area contributed by atoms with Crippen LogP contribution in [0.15, 0.2) is 24.3 Å². The summed E-state index contributed by atoms with van der Waals surface area (Å²) in [5, 5.41) is 0. The van der Waals surface area contributed by atoms with Crippen molar-refractivity contribution in [1.29, 1.82) is 0 Å². The Morgan fingerprint density at radius 1 is 1.05 bits per heavy atom. The topological polar surface area (TPSA) is 29.3 Å². The third kappa shape index (κ3) is 4.32. The molecule has 0 fully saturated rings. The molecule has 0 aliphatic rings. The minimum Gasteiger partial charge on any atom is -0.326 e. The summed E-state index contributed by atoms with van der Waals surface area (Å²) in [5.74, 6) is 0.646. The number of nitrogens with zero attached hydrogens (tertiary/aromatic N) is 1. The number of hydrogen-bond acceptors (Lipinski definition) is 2. The first-order valence-electron chi connectivity index (χ1n) is 7.41. The van der Waals surface area contributed by atoms with Gasteiger partial charge in [-0.1, -0.05) is 38.1 Å². The number of aryl methyl sites for hydroxylation is 1. The van der Waals surface area contributed by atoms with Gasteiger partial charge in [-0.2, -0.15) is 0 Å². The predicted molar refractivity (Wildman–Crippen MR) is 84.2 cm³/mol. The third-order valence-electron chi connectivity index (χ3n) is 3.60. The largest absolute Gasteiger partial charge is 0.326 e. The fraction of sp³-hybridized carbons (Fsp3) is 0.647. The SMILES string of the molecule is Cc1ccccc1C(C(C)N)N(CC(C)C)C(C)C. The van der Waals surface area contributed by atoms with Gasteiger partial charge < -0.3 is 5.73 Å². The summed E-state index contributed by atoms with van der Waals surface area (Å²) in [6, 6.07) is 9.53. The van der Waals surface area contributed by atoms with Gasteiger partial charge in [0, 0.05) is 18.6 Å². The molecule has 1 aromatic carbocycles. The third-order valence-corrected chi connectivity index (χ3v) is 3.60. The molecular formula is C17H30N2. The fourth-order valence-electron chi connectivity index (χ4n) is 2.75. The predicted octanol–water partition coefficient (Wildman–Crippen LogP) is 3.75. The lowest BCUT2D eigenvalue weighted by Gasteiger charge is -2.39. The van der Waals surface area contributed by atoms with E-state index >= 15 is 0 Å². The van der Waals surface area contributed by atoms with E-state index in [9.17, 15) is 0 Å². The van der Waals surface area contributed by atoms with Gasteiger partial charge in [0.2, 0.25) is 0 Å². The van der Waals surface area contributed by atoms with Gasteiger partial charge in [-0.15, -0.1) is 0 Å². The van der Waals surface area contributed by atoms with Gasteiger partial charge in [0.1, 0.15) is 0 Å². The van der Waals surface area contributed by atoms with Crippen LogP contribution < -0.4 is 5.73 Å². The maximum atomic E-state index is 6.31. The number of benzene rings is 1. The van der Waals surface area contributed by atoms with E-state index in [2.05, 4.69) is 70.7 Å². The summed E-state index contributed by atoms with van der Waals surface area (Å²) in [5.41, 5.74) is 9.01. The van der Waals surface area contributed by atoms with E-state index in [4.69, 9.17) is 5.73 Å². The van der Waals surface area contributed by atoms with Crippen molar-refractivity contribution < 1.29 is 0 Å². The van der Waals surface area contributed by atoms with Crippen LogP contribution in [0.5, 0.6) is 0 Å². The van der Waals surface area contributed by atoms with Crippen molar-refractivity contribution in [1.82, 2.24) is 4.90 Å². The second kappa shape index (κ2) is 7.06. The Balaban J connectivity index is 3.14. The van der Waals surface area contributed by atoms with Crippen molar-refractivity contribution >= 4 is 0 Å². The maximum Gasteiger partial charge on any atom is 0.0501 e. The smallest absolute Gasteiger partial charge is 0.0501 e. The Morgan fingerprint density at radius 3 is 2.05 bits per heavy atom. The van der Waals surface area contributed by atoms with Crippen LogP contribution in [0.1, 0.15) is 51.8 Å². The number of hydrogen-bond donors (Lipinski definition) is 1.